The summed E-state index contributed by atoms with van der Waals surface area (Å²) in [6.07, 6.45) is 8.45. The van der Waals surface area contributed by atoms with Crippen LogP contribution in [0.3, 0.4) is 0 Å². The standard InChI is InChI=1S/C17H15IO2/c1-2-11-19-13-9-6-10-14-15(13)16(18)17(20-14)12-7-4-3-5-8-12/h1,3-5,7-8,13H,6,9-11H2. The average Bonchev–Trinajstić information content (AvgIpc) is 2.84. The van der Waals surface area contributed by atoms with Crippen LogP contribution in [0.1, 0.15) is 30.3 Å². The Bertz CT molecular complexity index is 637. The number of fused-ring (bicyclic) bond motifs is 1. The van der Waals surface area contributed by atoms with Crippen LogP contribution in [0.4, 0.5) is 0 Å². The molecular weight excluding hydrogens is 363 g/mol. The summed E-state index contributed by atoms with van der Waals surface area (Å²) in [5, 5.41) is 0. The normalized spacial score (nSPS) is 17.5. The van der Waals surface area contributed by atoms with E-state index in [0.717, 1.165) is 39.9 Å². The molecule has 3 rings (SSSR count). The van der Waals surface area contributed by atoms with Gasteiger partial charge >= 0.3 is 0 Å². The minimum Gasteiger partial charge on any atom is -0.460 e. The van der Waals surface area contributed by atoms with Gasteiger partial charge in [0, 0.05) is 17.5 Å². The van der Waals surface area contributed by atoms with Gasteiger partial charge in [0.15, 0.2) is 0 Å². The Morgan fingerprint density at radius 2 is 2.15 bits per heavy atom. The number of hydrogen-bond donors (Lipinski definition) is 0. The van der Waals surface area contributed by atoms with Gasteiger partial charge in [0.2, 0.25) is 0 Å². The van der Waals surface area contributed by atoms with Crippen LogP contribution < -0.4 is 0 Å². The summed E-state index contributed by atoms with van der Waals surface area (Å²) < 4.78 is 13.0. The minimum absolute atomic E-state index is 0.0721. The van der Waals surface area contributed by atoms with Crippen molar-refractivity contribution >= 4 is 22.6 Å². The topological polar surface area (TPSA) is 22.4 Å². The Morgan fingerprint density at radius 3 is 2.90 bits per heavy atom. The Balaban J connectivity index is 2.01. The largest absolute Gasteiger partial charge is 0.460 e. The van der Waals surface area contributed by atoms with E-state index in [-0.39, 0.29) is 6.10 Å². The van der Waals surface area contributed by atoms with E-state index in [0.29, 0.717) is 6.61 Å². The third-order valence-electron chi connectivity index (χ3n) is 3.56. The molecule has 0 amide bonds. The molecule has 0 fully saturated rings. The van der Waals surface area contributed by atoms with Gasteiger partial charge in [-0.3, -0.25) is 0 Å². The van der Waals surface area contributed by atoms with E-state index in [1.807, 2.05) is 18.2 Å². The van der Waals surface area contributed by atoms with Gasteiger partial charge < -0.3 is 9.15 Å². The van der Waals surface area contributed by atoms with Gasteiger partial charge in [0.05, 0.1) is 9.67 Å². The third-order valence-corrected chi connectivity index (χ3v) is 4.63. The van der Waals surface area contributed by atoms with Gasteiger partial charge in [-0.15, -0.1) is 6.42 Å². The number of ether oxygens (including phenoxy) is 1. The predicted octanol–water partition coefficient (Wildman–Crippen LogP) is 4.58. The molecule has 0 N–H and O–H groups in total. The summed E-state index contributed by atoms with van der Waals surface area (Å²) in [5.74, 6) is 4.56. The van der Waals surface area contributed by atoms with Crippen molar-refractivity contribution in [2.75, 3.05) is 6.61 Å². The van der Waals surface area contributed by atoms with Crippen LogP contribution in [0.2, 0.25) is 0 Å². The van der Waals surface area contributed by atoms with Gasteiger partial charge in [-0.1, -0.05) is 36.3 Å². The number of terminal acetylenes is 1. The molecule has 0 saturated carbocycles. The molecular formula is C17H15IO2. The van der Waals surface area contributed by atoms with E-state index in [9.17, 15) is 0 Å². The van der Waals surface area contributed by atoms with Gasteiger partial charge in [-0.2, -0.15) is 0 Å². The highest BCUT2D eigenvalue weighted by atomic mass is 127. The van der Waals surface area contributed by atoms with Gasteiger partial charge in [-0.05, 0) is 35.4 Å². The van der Waals surface area contributed by atoms with Crippen molar-refractivity contribution in [1.29, 1.82) is 0 Å². The molecule has 0 aliphatic heterocycles. The van der Waals surface area contributed by atoms with Crippen LogP contribution in [0.15, 0.2) is 34.7 Å². The van der Waals surface area contributed by atoms with Crippen molar-refractivity contribution in [3.8, 4) is 23.7 Å². The van der Waals surface area contributed by atoms with Crippen LogP contribution in [0, 0.1) is 15.9 Å². The second kappa shape index (κ2) is 6.02. The van der Waals surface area contributed by atoms with Crippen molar-refractivity contribution < 1.29 is 9.15 Å². The zero-order valence-corrected chi connectivity index (χ0v) is 13.2. The number of benzene rings is 1. The number of halogens is 1. The molecule has 1 aromatic heterocycles. The molecule has 20 heavy (non-hydrogen) atoms. The van der Waals surface area contributed by atoms with E-state index in [1.165, 1.54) is 5.56 Å². The highest BCUT2D eigenvalue weighted by Crippen LogP contribution is 2.42. The van der Waals surface area contributed by atoms with Gasteiger partial charge in [0.25, 0.3) is 0 Å². The molecule has 1 aliphatic carbocycles. The van der Waals surface area contributed by atoms with Gasteiger partial charge in [0.1, 0.15) is 18.1 Å². The lowest BCUT2D eigenvalue weighted by atomic mass is 9.95. The smallest absolute Gasteiger partial charge is 0.147 e. The molecule has 1 heterocycles. The Kier molecular flexibility index (Phi) is 4.13. The molecule has 0 radical (unpaired) electrons. The molecule has 0 saturated heterocycles. The first-order chi connectivity index (χ1) is 9.81. The molecule has 1 unspecified atom stereocenters. The SMILES string of the molecule is C#CCOC1CCCc2oc(-c3ccccc3)c(I)c21. The highest BCUT2D eigenvalue weighted by molar-refractivity contribution is 14.1. The van der Waals surface area contributed by atoms with Crippen LogP contribution in [-0.2, 0) is 11.2 Å². The second-order valence-electron chi connectivity index (χ2n) is 4.84. The lowest BCUT2D eigenvalue weighted by Crippen LogP contribution is -2.12. The fourth-order valence-corrected chi connectivity index (χ4v) is 3.73. The summed E-state index contributed by atoms with van der Waals surface area (Å²) in [6.45, 7) is 0.353. The molecule has 2 nitrogen and oxygen atoms in total. The fraction of sp³-hybridized carbons (Fsp3) is 0.294. The Morgan fingerprint density at radius 1 is 1.35 bits per heavy atom. The van der Waals surface area contributed by atoms with Crippen LogP contribution >= 0.6 is 22.6 Å². The van der Waals surface area contributed by atoms with Crippen molar-refractivity contribution in [1.82, 2.24) is 0 Å². The number of aryl methyl sites for hydroxylation is 1. The quantitative estimate of drug-likeness (QED) is 0.577. The maximum absolute atomic E-state index is 6.09. The highest BCUT2D eigenvalue weighted by Gasteiger charge is 2.29. The predicted molar refractivity (Wildman–Crippen MR) is 87.3 cm³/mol. The molecule has 1 aliphatic rings. The van der Waals surface area contributed by atoms with E-state index < -0.39 is 0 Å². The minimum atomic E-state index is 0.0721. The average molecular weight is 378 g/mol. The van der Waals surface area contributed by atoms with E-state index >= 15 is 0 Å². The first kappa shape index (κ1) is 13.7. The van der Waals surface area contributed by atoms with E-state index in [2.05, 4.69) is 40.6 Å². The molecule has 3 heteroatoms. The summed E-state index contributed by atoms with van der Waals surface area (Å²) in [7, 11) is 0. The number of hydrogen-bond acceptors (Lipinski definition) is 2. The van der Waals surface area contributed by atoms with E-state index in [1.54, 1.807) is 0 Å². The Labute approximate surface area is 132 Å². The third kappa shape index (κ3) is 2.50. The van der Waals surface area contributed by atoms with Crippen molar-refractivity contribution in [3.63, 3.8) is 0 Å². The Hall–Kier alpha value is -1.25. The number of rotatable bonds is 3. The first-order valence-electron chi connectivity index (χ1n) is 6.72. The summed E-state index contributed by atoms with van der Waals surface area (Å²) >= 11 is 2.36. The molecule has 1 atom stereocenters. The van der Waals surface area contributed by atoms with Crippen molar-refractivity contribution in [2.24, 2.45) is 0 Å². The molecule has 1 aromatic carbocycles. The molecule has 0 bridgehead atoms. The van der Waals surface area contributed by atoms with Crippen molar-refractivity contribution in [2.45, 2.75) is 25.4 Å². The molecule has 102 valence electrons. The second-order valence-corrected chi connectivity index (χ2v) is 5.92. The van der Waals surface area contributed by atoms with Crippen LogP contribution in [-0.4, -0.2) is 6.61 Å². The first-order valence-corrected chi connectivity index (χ1v) is 7.80. The zero-order valence-electron chi connectivity index (χ0n) is 11.1. The van der Waals surface area contributed by atoms with Gasteiger partial charge in [-0.25, -0.2) is 0 Å². The number of furan rings is 1. The zero-order chi connectivity index (χ0) is 13.9. The fourth-order valence-electron chi connectivity index (χ4n) is 2.66. The monoisotopic (exact) mass is 378 g/mol. The maximum Gasteiger partial charge on any atom is 0.147 e. The maximum atomic E-state index is 6.09. The van der Waals surface area contributed by atoms with Crippen LogP contribution in [0.5, 0.6) is 0 Å². The lowest BCUT2D eigenvalue weighted by molar-refractivity contribution is 0.0620. The van der Waals surface area contributed by atoms with Crippen LogP contribution in [0.25, 0.3) is 11.3 Å². The van der Waals surface area contributed by atoms with E-state index in [4.69, 9.17) is 15.6 Å². The summed E-state index contributed by atoms with van der Waals surface area (Å²) in [5.41, 5.74) is 2.31. The summed E-state index contributed by atoms with van der Waals surface area (Å²) in [6, 6.07) is 10.2. The van der Waals surface area contributed by atoms with Crippen molar-refractivity contribution in [3.05, 3.63) is 45.2 Å². The molecule has 2 aromatic rings. The lowest BCUT2D eigenvalue weighted by Gasteiger charge is -2.21. The molecule has 0 spiro atoms. The summed E-state index contributed by atoms with van der Waals surface area (Å²) in [4.78, 5) is 0.